The molecule has 0 amide bonds. The average molecular weight is 323 g/mol. The van der Waals surface area contributed by atoms with Crippen molar-refractivity contribution in [3.05, 3.63) is 45.7 Å². The van der Waals surface area contributed by atoms with E-state index < -0.39 is 0 Å². The fourth-order valence-corrected chi connectivity index (χ4v) is 3.83. The molecule has 0 aliphatic heterocycles. The highest BCUT2D eigenvalue weighted by Crippen LogP contribution is 2.42. The molecule has 1 aromatic heterocycles. The van der Waals surface area contributed by atoms with Gasteiger partial charge in [-0.2, -0.15) is 5.10 Å². The third kappa shape index (κ3) is 2.60. The van der Waals surface area contributed by atoms with Crippen LogP contribution in [0.15, 0.2) is 24.4 Å². The summed E-state index contributed by atoms with van der Waals surface area (Å²) < 4.78 is 1.87. The number of halogens is 2. The number of nitrogens with zero attached hydrogens (tertiary/aromatic N) is 2. The van der Waals surface area contributed by atoms with E-state index in [0.29, 0.717) is 27.8 Å². The Bertz CT molecular complexity index is 641. The SMILES string of the molecule is CC(C)[C@H]1CC[C@@H](C)c2cn(-c3c(Cl)cccc3Cl)nc21. The van der Waals surface area contributed by atoms with Crippen LogP contribution in [0.2, 0.25) is 10.0 Å². The van der Waals surface area contributed by atoms with Gasteiger partial charge >= 0.3 is 0 Å². The molecule has 2 atom stereocenters. The van der Waals surface area contributed by atoms with E-state index >= 15 is 0 Å². The molecule has 2 nitrogen and oxygen atoms in total. The maximum atomic E-state index is 6.32. The lowest BCUT2D eigenvalue weighted by Gasteiger charge is -2.27. The first kappa shape index (κ1) is 14.9. The molecule has 1 aromatic carbocycles. The van der Waals surface area contributed by atoms with Crippen LogP contribution in [0.1, 0.15) is 56.7 Å². The highest BCUT2D eigenvalue weighted by Gasteiger charge is 2.30. The Balaban J connectivity index is 2.13. The van der Waals surface area contributed by atoms with Crippen molar-refractivity contribution >= 4 is 23.2 Å². The molecule has 1 aliphatic carbocycles. The number of para-hydroxylation sites is 1. The zero-order chi connectivity index (χ0) is 15.1. The summed E-state index contributed by atoms with van der Waals surface area (Å²) in [6.45, 7) is 6.81. The fourth-order valence-electron chi connectivity index (χ4n) is 3.26. The smallest absolute Gasteiger partial charge is 0.102 e. The summed E-state index contributed by atoms with van der Waals surface area (Å²) >= 11 is 12.6. The van der Waals surface area contributed by atoms with Gasteiger partial charge in [0.05, 0.1) is 15.7 Å². The van der Waals surface area contributed by atoms with Crippen LogP contribution in [0.3, 0.4) is 0 Å². The highest BCUT2D eigenvalue weighted by molar-refractivity contribution is 6.37. The van der Waals surface area contributed by atoms with E-state index in [2.05, 4.69) is 27.0 Å². The van der Waals surface area contributed by atoms with E-state index in [-0.39, 0.29) is 0 Å². The van der Waals surface area contributed by atoms with Gasteiger partial charge in [-0.1, -0.05) is 50.0 Å². The molecule has 0 fully saturated rings. The molecule has 0 radical (unpaired) electrons. The quantitative estimate of drug-likeness (QED) is 0.681. The van der Waals surface area contributed by atoms with Crippen molar-refractivity contribution < 1.29 is 0 Å². The lowest BCUT2D eigenvalue weighted by Crippen LogP contribution is -2.16. The number of rotatable bonds is 2. The molecular formula is C17H20Cl2N2. The van der Waals surface area contributed by atoms with Crippen LogP contribution in [0.5, 0.6) is 0 Å². The standard InChI is InChI=1S/C17H20Cl2N2/c1-10(2)12-8-7-11(3)13-9-21(20-16(12)13)17-14(18)5-4-6-15(17)19/h4-6,9-12H,7-8H2,1-3H3/t11-,12-/m1/s1. The molecule has 3 rings (SSSR count). The van der Waals surface area contributed by atoms with Gasteiger partial charge in [0.25, 0.3) is 0 Å². The Hall–Kier alpha value is -0.990. The average Bonchev–Trinajstić information content (AvgIpc) is 2.84. The third-order valence-electron chi connectivity index (χ3n) is 4.54. The first-order valence-electron chi connectivity index (χ1n) is 7.53. The zero-order valence-corrected chi connectivity index (χ0v) is 14.1. The molecule has 0 saturated carbocycles. The van der Waals surface area contributed by atoms with Gasteiger partial charge in [-0.05, 0) is 42.4 Å². The molecule has 4 heteroatoms. The largest absolute Gasteiger partial charge is 0.237 e. The van der Waals surface area contributed by atoms with Crippen molar-refractivity contribution in [2.45, 2.75) is 45.4 Å². The number of hydrogen-bond acceptors (Lipinski definition) is 1. The molecule has 0 bridgehead atoms. The summed E-state index contributed by atoms with van der Waals surface area (Å²) in [5.41, 5.74) is 3.35. The molecule has 1 heterocycles. The van der Waals surface area contributed by atoms with Gasteiger partial charge < -0.3 is 0 Å². The summed E-state index contributed by atoms with van der Waals surface area (Å²) in [7, 11) is 0. The normalized spacial score (nSPS) is 21.6. The van der Waals surface area contributed by atoms with E-state index in [0.717, 1.165) is 5.69 Å². The molecule has 0 spiro atoms. The summed E-state index contributed by atoms with van der Waals surface area (Å²) in [6, 6.07) is 5.57. The van der Waals surface area contributed by atoms with Crippen molar-refractivity contribution in [3.8, 4) is 5.69 Å². The van der Waals surface area contributed by atoms with Crippen LogP contribution >= 0.6 is 23.2 Å². The van der Waals surface area contributed by atoms with E-state index in [1.165, 1.54) is 24.1 Å². The second-order valence-corrected chi connectivity index (χ2v) is 7.13. The molecule has 0 N–H and O–H groups in total. The van der Waals surface area contributed by atoms with E-state index in [1.807, 2.05) is 22.9 Å². The van der Waals surface area contributed by atoms with Crippen molar-refractivity contribution in [1.82, 2.24) is 9.78 Å². The number of fused-ring (bicyclic) bond motifs is 1. The Morgan fingerprint density at radius 3 is 2.48 bits per heavy atom. The molecule has 1 aliphatic rings. The zero-order valence-electron chi connectivity index (χ0n) is 12.6. The first-order valence-corrected chi connectivity index (χ1v) is 8.28. The number of benzene rings is 1. The van der Waals surface area contributed by atoms with Crippen LogP contribution in [-0.2, 0) is 0 Å². The van der Waals surface area contributed by atoms with E-state index in [4.69, 9.17) is 28.3 Å². The summed E-state index contributed by atoms with van der Waals surface area (Å²) in [5, 5.41) is 6.11. The molecule has 112 valence electrons. The Labute approximate surface area is 136 Å². The topological polar surface area (TPSA) is 17.8 Å². The van der Waals surface area contributed by atoms with Gasteiger partial charge in [0, 0.05) is 12.1 Å². The minimum Gasteiger partial charge on any atom is -0.237 e. The van der Waals surface area contributed by atoms with Gasteiger partial charge in [0.2, 0.25) is 0 Å². The lowest BCUT2D eigenvalue weighted by molar-refractivity contribution is 0.402. The van der Waals surface area contributed by atoms with Crippen LogP contribution in [0.4, 0.5) is 0 Å². The Kier molecular flexibility index (Phi) is 4.02. The van der Waals surface area contributed by atoms with Gasteiger partial charge in [0.15, 0.2) is 0 Å². The summed E-state index contributed by atoms with van der Waals surface area (Å²) in [5.74, 6) is 1.67. The van der Waals surface area contributed by atoms with E-state index in [1.54, 1.807) is 0 Å². The monoisotopic (exact) mass is 322 g/mol. The van der Waals surface area contributed by atoms with Crippen molar-refractivity contribution in [2.75, 3.05) is 0 Å². The van der Waals surface area contributed by atoms with Gasteiger partial charge in [0.1, 0.15) is 5.69 Å². The van der Waals surface area contributed by atoms with Crippen LogP contribution in [0.25, 0.3) is 5.69 Å². The minimum atomic E-state index is 0.527. The highest BCUT2D eigenvalue weighted by atomic mass is 35.5. The predicted molar refractivity (Wildman–Crippen MR) is 88.8 cm³/mol. The summed E-state index contributed by atoms with van der Waals surface area (Å²) in [4.78, 5) is 0. The summed E-state index contributed by atoms with van der Waals surface area (Å²) in [6.07, 6.45) is 4.54. The van der Waals surface area contributed by atoms with E-state index in [9.17, 15) is 0 Å². The van der Waals surface area contributed by atoms with Gasteiger partial charge in [-0.3, -0.25) is 0 Å². The Morgan fingerprint density at radius 2 is 1.86 bits per heavy atom. The molecule has 0 unspecified atom stereocenters. The number of hydrogen-bond donors (Lipinski definition) is 0. The van der Waals surface area contributed by atoms with Crippen molar-refractivity contribution in [3.63, 3.8) is 0 Å². The van der Waals surface area contributed by atoms with Crippen molar-refractivity contribution in [2.24, 2.45) is 5.92 Å². The van der Waals surface area contributed by atoms with Crippen molar-refractivity contribution in [1.29, 1.82) is 0 Å². The Morgan fingerprint density at radius 1 is 1.19 bits per heavy atom. The fraction of sp³-hybridized carbons (Fsp3) is 0.471. The molecule has 21 heavy (non-hydrogen) atoms. The predicted octanol–water partition coefficient (Wildman–Crippen LogP) is 5.82. The second kappa shape index (κ2) is 5.66. The maximum Gasteiger partial charge on any atom is 0.102 e. The number of aromatic nitrogens is 2. The third-order valence-corrected chi connectivity index (χ3v) is 5.15. The van der Waals surface area contributed by atoms with Gasteiger partial charge in [-0.25, -0.2) is 4.68 Å². The molecule has 2 aromatic rings. The first-order chi connectivity index (χ1) is 9.99. The van der Waals surface area contributed by atoms with Crippen LogP contribution < -0.4 is 0 Å². The van der Waals surface area contributed by atoms with Crippen LogP contribution in [-0.4, -0.2) is 9.78 Å². The second-order valence-electron chi connectivity index (χ2n) is 6.31. The van der Waals surface area contributed by atoms with Gasteiger partial charge in [-0.15, -0.1) is 0 Å². The van der Waals surface area contributed by atoms with Crippen LogP contribution in [0, 0.1) is 5.92 Å². The maximum absolute atomic E-state index is 6.32. The lowest BCUT2D eigenvalue weighted by atomic mass is 9.77. The molecule has 0 saturated heterocycles. The minimum absolute atomic E-state index is 0.527. The molecular weight excluding hydrogens is 303 g/mol.